The fraction of sp³-hybridized carbons (Fsp3) is 0.355. The topological polar surface area (TPSA) is 209 Å². The summed E-state index contributed by atoms with van der Waals surface area (Å²) < 4.78 is 34.6. The molecule has 1 aromatic heterocycles. The normalized spacial score (nSPS) is 14.0. The van der Waals surface area contributed by atoms with Crippen molar-refractivity contribution in [3.63, 3.8) is 0 Å². The number of hydrogen-bond acceptors (Lipinski definition) is 10. The molecule has 0 amide bonds. The molecule has 3 aromatic rings. The van der Waals surface area contributed by atoms with Gasteiger partial charge in [0.1, 0.15) is 0 Å². The number of rotatable bonds is 16. The Labute approximate surface area is 282 Å². The Balaban J connectivity index is 1.55. The lowest BCUT2D eigenvalue weighted by atomic mass is 10.0. The van der Waals surface area contributed by atoms with Gasteiger partial charge in [-0.05, 0) is 62.2 Å². The number of hydrogen-bond donors (Lipinski definition) is 5. The monoisotopic (exact) mass is 722 g/mol. The van der Waals surface area contributed by atoms with Crippen LogP contribution in [-0.2, 0) is 25.1 Å². The van der Waals surface area contributed by atoms with Gasteiger partial charge in [-0.25, -0.2) is 9.97 Å². The largest absolute Gasteiger partial charge is 0.490 e. The van der Waals surface area contributed by atoms with Crippen LogP contribution >= 0.6 is 26.8 Å². The first-order valence-corrected chi connectivity index (χ1v) is 18.8. The van der Waals surface area contributed by atoms with E-state index in [1.54, 1.807) is 24.3 Å². The molecule has 2 heterocycles. The average molecular weight is 723 g/mol. The number of ketones is 1. The summed E-state index contributed by atoms with van der Waals surface area (Å²) in [7, 11) is -10.7. The number of allylic oxidation sites excluding steroid dienone is 1. The number of benzene rings is 2. The predicted octanol–water partition coefficient (Wildman–Crippen LogP) is 5.07. The first kappa shape index (κ1) is 37.4. The lowest BCUT2D eigenvalue weighted by molar-refractivity contribution is -0.134. The first-order chi connectivity index (χ1) is 22.7. The number of likely N-dealkylation sites (tertiary alicyclic amines) is 1. The van der Waals surface area contributed by atoms with Gasteiger partial charge in [0.05, 0.1) is 29.9 Å². The lowest BCUT2D eigenvalue weighted by Crippen LogP contribution is -2.31. The van der Waals surface area contributed by atoms with E-state index in [0.717, 1.165) is 38.0 Å². The van der Waals surface area contributed by atoms with Gasteiger partial charge in [0.2, 0.25) is 5.95 Å². The number of nitrogens with one attached hydrogen (secondary N) is 1. The molecular formula is C31H37ClN4O10P2. The number of halogens is 1. The van der Waals surface area contributed by atoms with E-state index in [2.05, 4.69) is 26.8 Å². The SMILES string of the molecule is C=CC(=O)Cc1cccc(-c2nc(Nc3ccc(OC(=O)CC(P(=O)(O)O)P(=O)(O)O)c(OCCCN4CCCCC4)c3)ncc2Cl)c1. The smallest absolute Gasteiger partial charge is 0.341 e. The fourth-order valence-corrected chi connectivity index (χ4v) is 7.59. The molecule has 2 aromatic carbocycles. The van der Waals surface area contributed by atoms with Crippen molar-refractivity contribution < 1.29 is 47.8 Å². The zero-order chi connectivity index (χ0) is 34.9. The molecule has 0 radical (unpaired) electrons. The summed E-state index contributed by atoms with van der Waals surface area (Å²) in [5.41, 5.74) is 2.24. The van der Waals surface area contributed by atoms with Gasteiger partial charge in [-0.1, -0.05) is 42.8 Å². The van der Waals surface area contributed by atoms with Gasteiger partial charge in [-0.15, -0.1) is 0 Å². The Kier molecular flexibility index (Phi) is 13.1. The third-order valence-electron chi connectivity index (χ3n) is 7.42. The van der Waals surface area contributed by atoms with E-state index < -0.39 is 33.0 Å². The second-order valence-electron chi connectivity index (χ2n) is 11.2. The minimum Gasteiger partial charge on any atom is -0.490 e. The number of ether oxygens (including phenoxy) is 2. The van der Waals surface area contributed by atoms with Gasteiger partial charge in [0.25, 0.3) is 0 Å². The number of piperidine rings is 1. The predicted molar refractivity (Wildman–Crippen MR) is 180 cm³/mol. The highest BCUT2D eigenvalue weighted by atomic mass is 35.5. The molecule has 14 nitrogen and oxygen atoms in total. The molecule has 1 saturated heterocycles. The summed E-state index contributed by atoms with van der Waals surface area (Å²) in [6.45, 7) is 6.55. The lowest BCUT2D eigenvalue weighted by Gasteiger charge is -2.26. The zero-order valence-corrected chi connectivity index (χ0v) is 28.4. The minimum absolute atomic E-state index is 0.0877. The van der Waals surface area contributed by atoms with Crippen LogP contribution in [0, 0.1) is 0 Å². The molecule has 258 valence electrons. The van der Waals surface area contributed by atoms with Crippen molar-refractivity contribution in [1.82, 2.24) is 14.9 Å². The summed E-state index contributed by atoms with van der Waals surface area (Å²) in [4.78, 5) is 73.3. The molecule has 4 rings (SSSR count). The van der Waals surface area contributed by atoms with Crippen molar-refractivity contribution in [3.05, 3.63) is 71.9 Å². The van der Waals surface area contributed by atoms with E-state index in [-0.39, 0.29) is 41.3 Å². The quantitative estimate of drug-likeness (QED) is 0.0430. The van der Waals surface area contributed by atoms with Crippen LogP contribution in [0.25, 0.3) is 11.3 Å². The first-order valence-electron chi connectivity index (χ1n) is 15.1. The number of carbonyl (C=O) groups is 2. The average Bonchev–Trinajstić information content (AvgIpc) is 3.03. The number of aromatic nitrogens is 2. The maximum absolute atomic E-state index is 12.6. The second-order valence-corrected chi connectivity index (χ2v) is 15.6. The van der Waals surface area contributed by atoms with Crippen LogP contribution in [0.4, 0.5) is 11.6 Å². The Morgan fingerprint density at radius 3 is 2.46 bits per heavy atom. The van der Waals surface area contributed by atoms with Crippen LogP contribution in [-0.4, -0.2) is 77.8 Å². The molecule has 1 aliphatic rings. The summed E-state index contributed by atoms with van der Waals surface area (Å²) >= 11 is 6.43. The molecule has 0 saturated carbocycles. The summed E-state index contributed by atoms with van der Waals surface area (Å²) in [5.74, 6) is -1.28. The van der Waals surface area contributed by atoms with E-state index in [9.17, 15) is 38.3 Å². The number of carbonyl (C=O) groups excluding carboxylic acids is 2. The molecule has 0 bridgehead atoms. The second kappa shape index (κ2) is 16.8. The Hall–Kier alpha value is -3.45. The van der Waals surface area contributed by atoms with Gasteiger partial charge in [0, 0.05) is 30.3 Å². The van der Waals surface area contributed by atoms with Gasteiger partial charge in [-0.2, -0.15) is 0 Å². The zero-order valence-electron chi connectivity index (χ0n) is 25.9. The molecule has 48 heavy (non-hydrogen) atoms. The third-order valence-corrected chi connectivity index (χ3v) is 11.4. The molecule has 0 aliphatic carbocycles. The van der Waals surface area contributed by atoms with Crippen LogP contribution in [0.3, 0.4) is 0 Å². The van der Waals surface area contributed by atoms with Gasteiger partial charge in [0.15, 0.2) is 22.7 Å². The maximum atomic E-state index is 12.6. The summed E-state index contributed by atoms with van der Waals surface area (Å²) in [6, 6.07) is 11.5. The molecule has 1 fully saturated rings. The molecular weight excluding hydrogens is 686 g/mol. The van der Waals surface area contributed by atoms with Crippen molar-refractivity contribution in [2.24, 2.45) is 0 Å². The standard InChI is InChI=1S/C31H37ClN4O10P2/c1-2-24(37)17-21-8-6-9-22(16-21)30-25(32)20-33-31(35-30)34-23-10-11-26(46-28(38)19-29(47(39,40)41)48(42,43)44)27(18-23)45-15-7-14-36-12-4-3-5-13-36/h2,6,8-11,16,18,20,29H,1,3-5,7,12-15,17,19H2,(H,33,34,35)(H2,39,40,41)(H2,42,43,44). The van der Waals surface area contributed by atoms with Gasteiger partial charge in [-0.3, -0.25) is 18.7 Å². The highest BCUT2D eigenvalue weighted by Crippen LogP contribution is 2.61. The number of esters is 1. The molecule has 0 unspecified atom stereocenters. The van der Waals surface area contributed by atoms with Crippen molar-refractivity contribution in [3.8, 4) is 22.8 Å². The molecule has 1 aliphatic heterocycles. The highest BCUT2D eigenvalue weighted by molar-refractivity contribution is 7.70. The van der Waals surface area contributed by atoms with E-state index >= 15 is 0 Å². The maximum Gasteiger partial charge on any atom is 0.341 e. The number of nitrogens with zero attached hydrogens (tertiary/aromatic N) is 3. The minimum atomic E-state index is -5.34. The van der Waals surface area contributed by atoms with Crippen LogP contribution < -0.4 is 14.8 Å². The molecule has 0 atom stereocenters. The van der Waals surface area contributed by atoms with Crippen LogP contribution in [0.1, 0.15) is 37.7 Å². The van der Waals surface area contributed by atoms with Crippen LogP contribution in [0.15, 0.2) is 61.3 Å². The van der Waals surface area contributed by atoms with Gasteiger partial charge < -0.3 is 39.3 Å². The van der Waals surface area contributed by atoms with E-state index in [4.69, 9.17) is 21.1 Å². The summed E-state index contributed by atoms with van der Waals surface area (Å²) in [5, 5.41) is 0.775. The van der Waals surface area contributed by atoms with E-state index in [1.807, 2.05) is 0 Å². The van der Waals surface area contributed by atoms with Crippen molar-refractivity contribution in [2.45, 2.75) is 43.9 Å². The third kappa shape index (κ3) is 11.0. The molecule has 0 spiro atoms. The van der Waals surface area contributed by atoms with Gasteiger partial charge >= 0.3 is 21.2 Å². The Morgan fingerprint density at radius 2 is 1.77 bits per heavy atom. The van der Waals surface area contributed by atoms with Crippen molar-refractivity contribution in [2.75, 3.05) is 31.6 Å². The van der Waals surface area contributed by atoms with E-state index in [1.165, 1.54) is 36.9 Å². The Bertz CT molecular complexity index is 1700. The summed E-state index contributed by atoms with van der Waals surface area (Å²) in [6.07, 6.45) is 5.74. The fourth-order valence-electron chi connectivity index (χ4n) is 5.04. The van der Waals surface area contributed by atoms with E-state index in [0.29, 0.717) is 23.4 Å². The van der Waals surface area contributed by atoms with Crippen LogP contribution in [0.5, 0.6) is 11.5 Å². The molecule has 5 N–H and O–H groups in total. The Morgan fingerprint density at radius 1 is 1.04 bits per heavy atom. The molecule has 17 heteroatoms. The van der Waals surface area contributed by atoms with Crippen molar-refractivity contribution in [1.29, 1.82) is 0 Å². The van der Waals surface area contributed by atoms with Crippen LogP contribution in [0.2, 0.25) is 5.02 Å². The number of anilines is 2. The van der Waals surface area contributed by atoms with Crippen molar-refractivity contribution >= 4 is 50.2 Å². The highest BCUT2D eigenvalue weighted by Gasteiger charge is 2.45.